The molecule has 0 spiro atoms. The van der Waals surface area contributed by atoms with Crippen molar-refractivity contribution in [1.29, 1.82) is 0 Å². The van der Waals surface area contributed by atoms with Crippen molar-refractivity contribution in [2.45, 2.75) is 50.5 Å². The summed E-state index contributed by atoms with van der Waals surface area (Å²) in [6.07, 6.45) is 1.20. The Morgan fingerprint density at radius 1 is 1.53 bits per heavy atom. The maximum Gasteiger partial charge on any atom is 0.152 e. The third-order valence-corrected chi connectivity index (χ3v) is 5.52. The van der Waals surface area contributed by atoms with Crippen LogP contribution in [-0.2, 0) is 14.6 Å². The lowest BCUT2D eigenvalue weighted by Crippen LogP contribution is -2.47. The maximum atomic E-state index is 11.6. The zero-order valence-electron chi connectivity index (χ0n) is 9.69. The highest BCUT2D eigenvalue weighted by Gasteiger charge is 2.38. The van der Waals surface area contributed by atoms with E-state index >= 15 is 0 Å². The summed E-state index contributed by atoms with van der Waals surface area (Å²) in [4.78, 5) is 0. The van der Waals surface area contributed by atoms with Gasteiger partial charge in [0, 0.05) is 12.1 Å². The van der Waals surface area contributed by atoms with E-state index in [1.165, 1.54) is 0 Å². The molecule has 4 nitrogen and oxygen atoms in total. The van der Waals surface area contributed by atoms with E-state index in [9.17, 15) is 8.42 Å². The van der Waals surface area contributed by atoms with Crippen LogP contribution in [-0.4, -0.2) is 37.7 Å². The second-order valence-electron chi connectivity index (χ2n) is 4.66. The van der Waals surface area contributed by atoms with Crippen molar-refractivity contribution in [1.82, 2.24) is 0 Å². The minimum absolute atomic E-state index is 0.0418. The van der Waals surface area contributed by atoms with Crippen LogP contribution in [0.25, 0.3) is 0 Å². The summed E-state index contributed by atoms with van der Waals surface area (Å²) in [6.45, 7) is 5.95. The SMILES string of the molecule is CC1OCCC1(N)CCS(=O)(=O)C(C)C. The third-order valence-electron chi connectivity index (χ3n) is 3.32. The molecular formula is C10H21NO3S. The lowest BCUT2D eigenvalue weighted by molar-refractivity contribution is 0.0946. The monoisotopic (exact) mass is 235 g/mol. The number of ether oxygens (including phenoxy) is 1. The molecule has 0 aromatic carbocycles. The number of rotatable bonds is 4. The van der Waals surface area contributed by atoms with Crippen LogP contribution in [0.3, 0.4) is 0 Å². The lowest BCUT2D eigenvalue weighted by Gasteiger charge is -2.27. The molecule has 1 fully saturated rings. The van der Waals surface area contributed by atoms with E-state index < -0.39 is 15.4 Å². The largest absolute Gasteiger partial charge is 0.377 e. The summed E-state index contributed by atoms with van der Waals surface area (Å²) in [5.41, 5.74) is 5.66. The van der Waals surface area contributed by atoms with E-state index in [0.29, 0.717) is 13.0 Å². The first-order valence-corrected chi connectivity index (χ1v) is 7.11. The van der Waals surface area contributed by atoms with E-state index in [4.69, 9.17) is 10.5 Å². The van der Waals surface area contributed by atoms with Crippen LogP contribution in [0, 0.1) is 0 Å². The van der Waals surface area contributed by atoms with Crippen molar-refractivity contribution in [3.05, 3.63) is 0 Å². The molecule has 2 atom stereocenters. The normalized spacial score (nSPS) is 32.5. The van der Waals surface area contributed by atoms with Gasteiger partial charge in [-0.25, -0.2) is 8.42 Å². The number of sulfone groups is 1. The van der Waals surface area contributed by atoms with Crippen molar-refractivity contribution in [3.8, 4) is 0 Å². The van der Waals surface area contributed by atoms with Gasteiger partial charge in [-0.05, 0) is 33.6 Å². The molecule has 2 N–H and O–H groups in total. The first-order chi connectivity index (χ1) is 6.78. The molecule has 1 rings (SSSR count). The highest BCUT2D eigenvalue weighted by atomic mass is 32.2. The van der Waals surface area contributed by atoms with Gasteiger partial charge in [0.15, 0.2) is 9.84 Å². The van der Waals surface area contributed by atoms with Gasteiger partial charge >= 0.3 is 0 Å². The molecule has 0 amide bonds. The van der Waals surface area contributed by atoms with Crippen molar-refractivity contribution < 1.29 is 13.2 Å². The van der Waals surface area contributed by atoms with Crippen LogP contribution in [0.2, 0.25) is 0 Å². The Bertz CT molecular complexity index is 313. The molecule has 0 aromatic heterocycles. The molecule has 5 heteroatoms. The van der Waals surface area contributed by atoms with Crippen LogP contribution in [0.1, 0.15) is 33.6 Å². The fourth-order valence-corrected chi connectivity index (χ4v) is 2.83. The Balaban J connectivity index is 2.57. The fourth-order valence-electron chi connectivity index (χ4n) is 1.69. The minimum Gasteiger partial charge on any atom is -0.377 e. The molecule has 0 aliphatic carbocycles. The maximum absolute atomic E-state index is 11.6. The van der Waals surface area contributed by atoms with Crippen molar-refractivity contribution >= 4 is 9.84 Å². The molecule has 1 aliphatic rings. The van der Waals surface area contributed by atoms with Gasteiger partial charge in [0.05, 0.1) is 17.1 Å². The highest BCUT2D eigenvalue weighted by molar-refractivity contribution is 7.91. The molecule has 90 valence electrons. The Morgan fingerprint density at radius 2 is 2.13 bits per heavy atom. The summed E-state index contributed by atoms with van der Waals surface area (Å²) in [6, 6.07) is 0. The summed E-state index contributed by atoms with van der Waals surface area (Å²) < 4.78 is 28.7. The Morgan fingerprint density at radius 3 is 2.53 bits per heavy atom. The zero-order chi connectivity index (χ0) is 11.7. The van der Waals surface area contributed by atoms with E-state index in [0.717, 1.165) is 6.42 Å². The van der Waals surface area contributed by atoms with E-state index in [2.05, 4.69) is 0 Å². The quantitative estimate of drug-likeness (QED) is 0.779. The first kappa shape index (κ1) is 12.9. The van der Waals surface area contributed by atoms with Gasteiger partial charge in [-0.2, -0.15) is 0 Å². The standard InChI is InChI=1S/C10H21NO3S/c1-8(2)15(12,13)7-5-10(11)4-6-14-9(10)3/h8-9H,4-7,11H2,1-3H3. The topological polar surface area (TPSA) is 69.4 Å². The van der Waals surface area contributed by atoms with Gasteiger partial charge in [-0.15, -0.1) is 0 Å². The first-order valence-electron chi connectivity index (χ1n) is 5.40. The van der Waals surface area contributed by atoms with Crippen molar-refractivity contribution in [2.24, 2.45) is 5.73 Å². The molecule has 2 unspecified atom stereocenters. The molecule has 1 heterocycles. The van der Waals surface area contributed by atoms with Crippen LogP contribution < -0.4 is 5.73 Å². The number of nitrogens with two attached hydrogens (primary N) is 1. The summed E-state index contributed by atoms with van der Waals surface area (Å²) in [5, 5.41) is -0.321. The highest BCUT2D eigenvalue weighted by Crippen LogP contribution is 2.27. The second kappa shape index (κ2) is 4.39. The average Bonchev–Trinajstić information content (AvgIpc) is 2.45. The van der Waals surface area contributed by atoms with E-state index in [1.54, 1.807) is 13.8 Å². The van der Waals surface area contributed by atoms with E-state index in [1.807, 2.05) is 6.92 Å². The minimum atomic E-state index is -2.98. The Labute approximate surface area is 92.1 Å². The van der Waals surface area contributed by atoms with Gasteiger partial charge < -0.3 is 10.5 Å². The molecule has 0 bridgehead atoms. The number of hydrogen-bond donors (Lipinski definition) is 1. The van der Waals surface area contributed by atoms with Crippen molar-refractivity contribution in [3.63, 3.8) is 0 Å². The second-order valence-corrected chi connectivity index (χ2v) is 7.34. The molecule has 0 saturated carbocycles. The van der Waals surface area contributed by atoms with Gasteiger partial charge in [-0.1, -0.05) is 0 Å². The Hall–Kier alpha value is -0.130. The zero-order valence-corrected chi connectivity index (χ0v) is 10.5. The lowest BCUT2D eigenvalue weighted by atomic mass is 9.91. The molecule has 1 aliphatic heterocycles. The predicted molar refractivity (Wildman–Crippen MR) is 60.5 cm³/mol. The van der Waals surface area contributed by atoms with Crippen molar-refractivity contribution in [2.75, 3.05) is 12.4 Å². The van der Waals surface area contributed by atoms with Crippen LogP contribution in [0.5, 0.6) is 0 Å². The third kappa shape index (κ3) is 2.92. The summed E-state index contributed by atoms with van der Waals surface area (Å²) in [5.74, 6) is 0.162. The van der Waals surface area contributed by atoms with Crippen LogP contribution in [0.4, 0.5) is 0 Å². The van der Waals surface area contributed by atoms with Crippen LogP contribution in [0.15, 0.2) is 0 Å². The average molecular weight is 235 g/mol. The van der Waals surface area contributed by atoms with Gasteiger partial charge in [0.1, 0.15) is 0 Å². The van der Waals surface area contributed by atoms with E-state index in [-0.39, 0.29) is 17.1 Å². The molecule has 1 saturated heterocycles. The van der Waals surface area contributed by atoms with Crippen LogP contribution >= 0.6 is 0 Å². The Kier molecular flexibility index (Phi) is 3.79. The molecular weight excluding hydrogens is 214 g/mol. The predicted octanol–water partition coefficient (Wildman–Crippen LogP) is 0.706. The fraction of sp³-hybridized carbons (Fsp3) is 1.00. The summed E-state index contributed by atoms with van der Waals surface area (Å²) >= 11 is 0. The summed E-state index contributed by atoms with van der Waals surface area (Å²) in [7, 11) is -2.98. The molecule has 0 radical (unpaired) electrons. The van der Waals surface area contributed by atoms with Gasteiger partial charge in [0.25, 0.3) is 0 Å². The van der Waals surface area contributed by atoms with Gasteiger partial charge in [0.2, 0.25) is 0 Å². The molecule has 0 aromatic rings. The smallest absolute Gasteiger partial charge is 0.152 e. The van der Waals surface area contributed by atoms with Gasteiger partial charge in [-0.3, -0.25) is 0 Å². The number of hydrogen-bond acceptors (Lipinski definition) is 4. The molecule has 15 heavy (non-hydrogen) atoms.